The number of aromatic nitrogens is 3. The summed E-state index contributed by atoms with van der Waals surface area (Å²) in [4.78, 5) is 34.5. The Labute approximate surface area is 209 Å². The van der Waals surface area contributed by atoms with Crippen molar-refractivity contribution in [3.63, 3.8) is 0 Å². The van der Waals surface area contributed by atoms with E-state index >= 15 is 0 Å². The highest BCUT2D eigenvalue weighted by molar-refractivity contribution is 7.14. The number of rotatable bonds is 9. The molecule has 0 saturated carbocycles. The molecule has 0 spiro atoms. The predicted molar refractivity (Wildman–Crippen MR) is 142 cm³/mol. The molecule has 2 amide bonds. The number of hydrogen-bond acceptors (Lipinski definition) is 5. The third-order valence-electron chi connectivity index (χ3n) is 5.51. The summed E-state index contributed by atoms with van der Waals surface area (Å²) in [5.74, 6) is -0.332. The second kappa shape index (κ2) is 11.1. The molecule has 1 unspecified atom stereocenters. The molecule has 1 radical (unpaired) electrons. The molecule has 177 valence electrons. The van der Waals surface area contributed by atoms with E-state index in [1.54, 1.807) is 35.3 Å². The van der Waals surface area contributed by atoms with E-state index in [-0.39, 0.29) is 17.7 Å². The predicted octanol–water partition coefficient (Wildman–Crippen LogP) is 4.97. The minimum Gasteiger partial charge on any atom is -0.402 e. The molecular weight excluding hydrogens is 457 g/mol. The van der Waals surface area contributed by atoms with Gasteiger partial charge in [-0.05, 0) is 53.9 Å². The van der Waals surface area contributed by atoms with Gasteiger partial charge in [-0.2, -0.15) is 0 Å². The van der Waals surface area contributed by atoms with Crippen LogP contribution in [0.1, 0.15) is 30.6 Å². The lowest BCUT2D eigenvalue weighted by Crippen LogP contribution is -2.44. The number of hydrogen-bond donors (Lipinski definition) is 2. The van der Waals surface area contributed by atoms with Gasteiger partial charge in [0.2, 0.25) is 13.3 Å². The van der Waals surface area contributed by atoms with Crippen LogP contribution in [0.2, 0.25) is 6.82 Å². The van der Waals surface area contributed by atoms with Gasteiger partial charge in [-0.15, -0.1) is 11.3 Å². The summed E-state index contributed by atoms with van der Waals surface area (Å²) in [7, 11) is 1.85. The van der Waals surface area contributed by atoms with Crippen LogP contribution in [0.15, 0.2) is 72.6 Å². The Bertz CT molecular complexity index is 1300. The maximum absolute atomic E-state index is 13.1. The fourth-order valence-electron chi connectivity index (χ4n) is 3.71. The quantitative estimate of drug-likeness (QED) is 0.328. The SMILES string of the molecule is C[B]n1ccc(C(=O)NC(CC(C)C)C(=O)Nc2nc(-c3cccc(-c4ccncc4)c3)cs2)c1. The molecule has 1 aromatic carbocycles. The largest absolute Gasteiger partial charge is 0.402 e. The Morgan fingerprint density at radius 1 is 1.09 bits per heavy atom. The number of nitrogens with zero attached hydrogens (tertiary/aromatic N) is 3. The molecule has 3 heterocycles. The van der Waals surface area contributed by atoms with E-state index in [9.17, 15) is 9.59 Å². The van der Waals surface area contributed by atoms with Crippen LogP contribution in [0, 0.1) is 5.92 Å². The first kappa shape index (κ1) is 24.4. The molecule has 0 bridgehead atoms. The zero-order valence-electron chi connectivity index (χ0n) is 19.9. The molecule has 7 nitrogen and oxygen atoms in total. The number of carbonyl (C=O) groups excluding carboxylic acids is 2. The molecule has 4 rings (SSSR count). The minimum atomic E-state index is -0.668. The van der Waals surface area contributed by atoms with E-state index in [1.165, 1.54) is 11.3 Å². The Kier molecular flexibility index (Phi) is 7.77. The van der Waals surface area contributed by atoms with Crippen molar-refractivity contribution in [1.82, 2.24) is 19.8 Å². The highest BCUT2D eigenvalue weighted by Crippen LogP contribution is 2.29. The maximum atomic E-state index is 13.1. The van der Waals surface area contributed by atoms with E-state index in [1.807, 2.05) is 63.8 Å². The van der Waals surface area contributed by atoms with Gasteiger partial charge in [0.15, 0.2) is 5.13 Å². The molecular formula is C26H27BN5O2S. The van der Waals surface area contributed by atoms with Crippen LogP contribution in [0.5, 0.6) is 0 Å². The van der Waals surface area contributed by atoms with Crippen molar-refractivity contribution >= 4 is 35.7 Å². The first-order valence-corrected chi connectivity index (χ1v) is 12.4. The zero-order valence-corrected chi connectivity index (χ0v) is 20.8. The Hall–Kier alpha value is -3.72. The van der Waals surface area contributed by atoms with Crippen LogP contribution in [-0.4, -0.2) is 39.7 Å². The minimum absolute atomic E-state index is 0.224. The Morgan fingerprint density at radius 3 is 2.57 bits per heavy atom. The van der Waals surface area contributed by atoms with E-state index < -0.39 is 6.04 Å². The fraction of sp³-hybridized carbons (Fsp3) is 0.231. The van der Waals surface area contributed by atoms with Crippen molar-refractivity contribution in [3.8, 4) is 22.4 Å². The summed E-state index contributed by atoms with van der Waals surface area (Å²) in [6, 6.07) is 13.1. The fourth-order valence-corrected chi connectivity index (χ4v) is 4.43. The summed E-state index contributed by atoms with van der Waals surface area (Å²) >= 11 is 1.36. The van der Waals surface area contributed by atoms with Gasteiger partial charge in [-0.25, -0.2) is 4.98 Å². The average Bonchev–Trinajstić information content (AvgIpc) is 3.54. The van der Waals surface area contributed by atoms with Crippen molar-refractivity contribution in [2.45, 2.75) is 33.1 Å². The lowest BCUT2D eigenvalue weighted by atomic mass is 10.0. The third kappa shape index (κ3) is 6.25. The first-order valence-electron chi connectivity index (χ1n) is 11.5. The Balaban J connectivity index is 1.46. The van der Waals surface area contributed by atoms with Crippen molar-refractivity contribution in [3.05, 3.63) is 78.2 Å². The van der Waals surface area contributed by atoms with E-state index in [0.717, 1.165) is 22.4 Å². The average molecular weight is 484 g/mol. The molecule has 9 heteroatoms. The van der Waals surface area contributed by atoms with Crippen molar-refractivity contribution in [2.75, 3.05) is 5.32 Å². The van der Waals surface area contributed by atoms with Crippen LogP contribution in [-0.2, 0) is 4.79 Å². The summed E-state index contributed by atoms with van der Waals surface area (Å²) in [5.41, 5.74) is 4.39. The molecule has 2 N–H and O–H groups in total. The second-order valence-corrected chi connectivity index (χ2v) is 9.46. The van der Waals surface area contributed by atoms with Gasteiger partial charge in [0, 0.05) is 29.5 Å². The third-order valence-corrected chi connectivity index (χ3v) is 6.27. The topological polar surface area (TPSA) is 88.9 Å². The molecule has 3 aromatic heterocycles. The Morgan fingerprint density at radius 2 is 1.86 bits per heavy atom. The van der Waals surface area contributed by atoms with Gasteiger partial charge in [0.05, 0.1) is 11.3 Å². The second-order valence-electron chi connectivity index (χ2n) is 8.61. The molecule has 0 aliphatic carbocycles. The summed E-state index contributed by atoms with van der Waals surface area (Å²) in [6.07, 6.45) is 7.58. The summed E-state index contributed by atoms with van der Waals surface area (Å²) in [5, 5.41) is 8.18. The lowest BCUT2D eigenvalue weighted by Gasteiger charge is -2.19. The van der Waals surface area contributed by atoms with Gasteiger partial charge in [-0.3, -0.25) is 14.6 Å². The number of thiazole rings is 1. The van der Waals surface area contributed by atoms with Crippen LogP contribution in [0.3, 0.4) is 0 Å². The first-order chi connectivity index (χ1) is 16.9. The van der Waals surface area contributed by atoms with Crippen LogP contribution in [0.4, 0.5) is 5.13 Å². The molecule has 4 aromatic rings. The monoisotopic (exact) mass is 484 g/mol. The lowest BCUT2D eigenvalue weighted by molar-refractivity contribution is -0.118. The molecule has 0 fully saturated rings. The standard InChI is InChI=1S/C26H27BN5O2S/c1-17(2)13-22(29-24(33)21-9-12-32(15-21)27-3)25(34)31-26-30-23(16-35-26)20-6-4-5-19(14-20)18-7-10-28-11-8-18/h4-12,14-17,22H,13H2,1-3H3,(H,29,33)(H,30,31,34). The molecule has 0 aliphatic heterocycles. The highest BCUT2D eigenvalue weighted by Gasteiger charge is 2.24. The van der Waals surface area contributed by atoms with Gasteiger partial charge in [0.25, 0.3) is 5.91 Å². The number of nitrogens with one attached hydrogen (secondary N) is 2. The molecule has 0 aliphatic rings. The van der Waals surface area contributed by atoms with E-state index in [0.29, 0.717) is 17.1 Å². The van der Waals surface area contributed by atoms with Crippen molar-refractivity contribution in [1.29, 1.82) is 0 Å². The van der Waals surface area contributed by atoms with E-state index in [4.69, 9.17) is 0 Å². The molecule has 0 saturated heterocycles. The van der Waals surface area contributed by atoms with Crippen molar-refractivity contribution < 1.29 is 9.59 Å². The smallest absolute Gasteiger partial charge is 0.253 e. The molecule has 35 heavy (non-hydrogen) atoms. The van der Waals surface area contributed by atoms with Crippen LogP contribution in [0.25, 0.3) is 22.4 Å². The van der Waals surface area contributed by atoms with Crippen molar-refractivity contribution in [2.24, 2.45) is 5.92 Å². The number of anilines is 1. The summed E-state index contributed by atoms with van der Waals surface area (Å²) < 4.78 is 1.80. The van der Waals surface area contributed by atoms with Crippen LogP contribution < -0.4 is 10.6 Å². The maximum Gasteiger partial charge on any atom is 0.253 e. The number of carbonyl (C=O) groups is 2. The van der Waals surface area contributed by atoms with Gasteiger partial charge in [-0.1, -0.05) is 38.9 Å². The van der Waals surface area contributed by atoms with Crippen LogP contribution >= 0.6 is 11.3 Å². The van der Waals surface area contributed by atoms with Gasteiger partial charge < -0.3 is 15.1 Å². The van der Waals surface area contributed by atoms with E-state index in [2.05, 4.69) is 26.7 Å². The molecule has 1 atom stereocenters. The number of amides is 2. The number of pyridine rings is 1. The van der Waals surface area contributed by atoms with Gasteiger partial charge in [0.1, 0.15) is 6.04 Å². The summed E-state index contributed by atoms with van der Waals surface area (Å²) in [6.45, 7) is 5.92. The normalized spacial score (nSPS) is 11.8. The highest BCUT2D eigenvalue weighted by atomic mass is 32.1. The zero-order chi connectivity index (χ0) is 24.8. The number of benzene rings is 1. The van der Waals surface area contributed by atoms with Gasteiger partial charge >= 0.3 is 0 Å².